The fourth-order valence-electron chi connectivity index (χ4n) is 5.30. The highest BCUT2D eigenvalue weighted by atomic mass is 79.9. The van der Waals surface area contributed by atoms with Crippen LogP contribution in [0.15, 0.2) is 16.7 Å². The molecule has 4 nitrogen and oxygen atoms in total. The molecule has 2 aromatic rings. The molecule has 2 N–H and O–H groups in total. The van der Waals surface area contributed by atoms with E-state index in [0.29, 0.717) is 18.0 Å². The van der Waals surface area contributed by atoms with Crippen LogP contribution in [0.25, 0.3) is 10.9 Å². The third kappa shape index (κ3) is 3.93. The van der Waals surface area contributed by atoms with Gasteiger partial charge in [0.05, 0.1) is 4.60 Å². The summed E-state index contributed by atoms with van der Waals surface area (Å²) in [5.74, 6) is 0.462. The summed E-state index contributed by atoms with van der Waals surface area (Å²) < 4.78 is 1.11. The first kappa shape index (κ1) is 21.4. The second-order valence-electron chi connectivity index (χ2n) is 8.26. The van der Waals surface area contributed by atoms with E-state index in [0.717, 1.165) is 65.7 Å². The van der Waals surface area contributed by atoms with Gasteiger partial charge in [0.25, 0.3) is 0 Å². The Hall–Kier alpha value is -0.820. The predicted molar refractivity (Wildman–Crippen MR) is 130 cm³/mol. The van der Waals surface area contributed by atoms with Crippen molar-refractivity contribution in [2.45, 2.75) is 58.0 Å². The molecular formula is C22H30BrClN4S. The number of benzene rings is 1. The number of likely N-dealkylation sites (tertiary alicyclic amines) is 1. The maximum atomic E-state index is 6.52. The lowest BCUT2D eigenvalue weighted by molar-refractivity contribution is 0.104. The van der Waals surface area contributed by atoms with Crippen molar-refractivity contribution in [3.8, 4) is 0 Å². The molecule has 0 saturated carbocycles. The van der Waals surface area contributed by atoms with E-state index in [1.54, 1.807) is 0 Å². The fraction of sp³-hybridized carbons (Fsp3) is 0.591. The minimum Gasteiger partial charge on any atom is -0.359 e. The predicted octanol–water partition coefficient (Wildman–Crippen LogP) is 5.29. The molecule has 7 heteroatoms. The van der Waals surface area contributed by atoms with Gasteiger partial charge in [0, 0.05) is 53.6 Å². The van der Waals surface area contributed by atoms with Crippen LogP contribution >= 0.6 is 39.7 Å². The van der Waals surface area contributed by atoms with Gasteiger partial charge in [-0.05, 0) is 91.1 Å². The molecule has 29 heavy (non-hydrogen) atoms. The average molecular weight is 498 g/mol. The van der Waals surface area contributed by atoms with Crippen molar-refractivity contribution >= 4 is 55.8 Å². The molecule has 4 rings (SSSR count). The number of thiocarbonyl (C=S) groups is 1. The van der Waals surface area contributed by atoms with Crippen LogP contribution in [0.1, 0.15) is 50.7 Å². The molecule has 0 spiro atoms. The monoisotopic (exact) mass is 496 g/mol. The Balaban J connectivity index is 1.69. The number of hydrogen-bond acceptors (Lipinski definition) is 2. The van der Waals surface area contributed by atoms with E-state index in [4.69, 9.17) is 23.8 Å². The van der Waals surface area contributed by atoms with E-state index >= 15 is 0 Å². The molecule has 158 valence electrons. The molecule has 0 amide bonds. The van der Waals surface area contributed by atoms with Crippen LogP contribution in [0.2, 0.25) is 5.02 Å². The Labute approximate surface area is 192 Å². The number of piperidine rings is 1. The zero-order valence-electron chi connectivity index (χ0n) is 17.4. The molecule has 1 aliphatic carbocycles. The van der Waals surface area contributed by atoms with E-state index in [1.807, 2.05) is 6.07 Å². The molecule has 0 unspecified atom stereocenters. The summed E-state index contributed by atoms with van der Waals surface area (Å²) in [6, 6.07) is 5.11. The maximum Gasteiger partial charge on any atom is 0.169 e. The zero-order valence-corrected chi connectivity index (χ0v) is 20.6. The lowest BCUT2D eigenvalue weighted by atomic mass is 9.73. The maximum absolute atomic E-state index is 6.52. The highest BCUT2D eigenvalue weighted by Gasteiger charge is 2.41. The Bertz CT molecular complexity index is 910. The summed E-state index contributed by atoms with van der Waals surface area (Å²) in [6.07, 6.45) is 3.32. The second-order valence-corrected chi connectivity index (χ2v) is 9.88. The molecule has 2 aliphatic rings. The van der Waals surface area contributed by atoms with Crippen molar-refractivity contribution in [1.82, 2.24) is 20.1 Å². The van der Waals surface area contributed by atoms with Gasteiger partial charge in [-0.3, -0.25) is 4.90 Å². The lowest BCUT2D eigenvalue weighted by Gasteiger charge is -2.48. The van der Waals surface area contributed by atoms with Crippen molar-refractivity contribution in [1.29, 1.82) is 0 Å². The van der Waals surface area contributed by atoms with E-state index in [-0.39, 0.29) is 0 Å². The third-order valence-corrected chi connectivity index (χ3v) is 7.84. The second kappa shape index (κ2) is 8.74. The zero-order chi connectivity index (χ0) is 20.7. The number of hydrogen-bond donors (Lipinski definition) is 2. The smallest absolute Gasteiger partial charge is 0.169 e. The highest BCUT2D eigenvalue weighted by Crippen LogP contribution is 2.46. The van der Waals surface area contributed by atoms with Gasteiger partial charge in [-0.2, -0.15) is 0 Å². The van der Waals surface area contributed by atoms with Crippen LogP contribution in [0.5, 0.6) is 0 Å². The first-order chi connectivity index (χ1) is 14.0. The van der Waals surface area contributed by atoms with Gasteiger partial charge in [-0.25, -0.2) is 0 Å². The van der Waals surface area contributed by atoms with Gasteiger partial charge in [0.1, 0.15) is 0 Å². The largest absolute Gasteiger partial charge is 0.359 e. The van der Waals surface area contributed by atoms with Gasteiger partial charge >= 0.3 is 0 Å². The normalized spacial score (nSPS) is 23.8. The van der Waals surface area contributed by atoms with Gasteiger partial charge in [0.2, 0.25) is 0 Å². The Morgan fingerprint density at radius 2 is 2.10 bits per heavy atom. The minimum absolute atomic E-state index is 0.355. The summed E-state index contributed by atoms with van der Waals surface area (Å²) in [6.45, 7) is 10.6. The van der Waals surface area contributed by atoms with E-state index in [2.05, 4.69) is 62.9 Å². The minimum atomic E-state index is 0.355. The van der Waals surface area contributed by atoms with Crippen molar-refractivity contribution < 1.29 is 0 Å². The van der Waals surface area contributed by atoms with Crippen molar-refractivity contribution in [2.24, 2.45) is 0 Å². The molecule has 3 atom stereocenters. The SMILES string of the molecule is CCCN1C[C@@H](NC(=S)N(CC)CC)C[C@@H]2c3cc(Cl)cc4[nH]c(Br)c(c34)C[C@H]21. The fourth-order valence-corrected chi connectivity index (χ4v) is 6.53. The van der Waals surface area contributed by atoms with Crippen LogP contribution in [-0.4, -0.2) is 58.2 Å². The molecule has 1 aromatic heterocycles. The summed E-state index contributed by atoms with van der Waals surface area (Å²) in [7, 11) is 0. The van der Waals surface area contributed by atoms with Gasteiger partial charge in [-0.15, -0.1) is 0 Å². The molecule has 0 radical (unpaired) electrons. The number of halogens is 2. The summed E-state index contributed by atoms with van der Waals surface area (Å²) in [4.78, 5) is 8.40. The van der Waals surface area contributed by atoms with Gasteiger partial charge in [-0.1, -0.05) is 18.5 Å². The number of nitrogens with zero attached hydrogens (tertiary/aromatic N) is 2. The topological polar surface area (TPSA) is 34.3 Å². The van der Waals surface area contributed by atoms with Crippen LogP contribution in [0, 0.1) is 0 Å². The number of H-pyrrole nitrogens is 1. The molecule has 1 saturated heterocycles. The van der Waals surface area contributed by atoms with Crippen LogP contribution in [0.4, 0.5) is 0 Å². The average Bonchev–Trinajstić information content (AvgIpc) is 2.99. The first-order valence-corrected chi connectivity index (χ1v) is 12.3. The Morgan fingerprint density at radius 1 is 1.34 bits per heavy atom. The van der Waals surface area contributed by atoms with Crippen LogP contribution in [0.3, 0.4) is 0 Å². The summed E-state index contributed by atoms with van der Waals surface area (Å²) in [5, 5.41) is 6.74. The summed E-state index contributed by atoms with van der Waals surface area (Å²) >= 11 is 16.0. The number of rotatable bonds is 5. The molecular weight excluding hydrogens is 468 g/mol. The molecule has 1 fully saturated rings. The molecule has 1 aromatic carbocycles. The van der Waals surface area contributed by atoms with E-state index in [1.165, 1.54) is 16.5 Å². The van der Waals surface area contributed by atoms with E-state index < -0.39 is 0 Å². The van der Waals surface area contributed by atoms with Gasteiger partial charge in [0.15, 0.2) is 5.11 Å². The number of nitrogens with one attached hydrogen (secondary N) is 2. The Kier molecular flexibility index (Phi) is 6.45. The molecule has 0 bridgehead atoms. The standard InChI is InChI=1S/C22H30BrClN4S/c1-4-7-28-12-14(25-22(29)27(5-2)6-3)10-15-16-8-13(24)9-18-20(16)17(11-19(15)28)21(23)26-18/h8-9,14-15,19,26H,4-7,10-12H2,1-3H3,(H,25,29)/t14-,15+,19+/m0/s1. The molecule has 1 aliphatic heterocycles. The third-order valence-electron chi connectivity index (χ3n) is 6.57. The Morgan fingerprint density at radius 3 is 2.79 bits per heavy atom. The van der Waals surface area contributed by atoms with Gasteiger partial charge < -0.3 is 15.2 Å². The van der Waals surface area contributed by atoms with Crippen molar-refractivity contribution in [2.75, 3.05) is 26.2 Å². The number of fused-ring (bicyclic) bond motifs is 2. The van der Waals surface area contributed by atoms with Crippen LogP contribution in [-0.2, 0) is 6.42 Å². The lowest BCUT2D eigenvalue weighted by Crippen LogP contribution is -2.57. The van der Waals surface area contributed by atoms with Crippen LogP contribution < -0.4 is 5.32 Å². The van der Waals surface area contributed by atoms with Crippen molar-refractivity contribution in [3.05, 3.63) is 32.9 Å². The number of aromatic amines is 1. The summed E-state index contributed by atoms with van der Waals surface area (Å²) in [5.41, 5.74) is 3.93. The first-order valence-electron chi connectivity index (χ1n) is 10.8. The van der Waals surface area contributed by atoms with E-state index in [9.17, 15) is 0 Å². The molecule has 2 heterocycles. The van der Waals surface area contributed by atoms with Crippen molar-refractivity contribution in [3.63, 3.8) is 0 Å². The quantitative estimate of drug-likeness (QED) is 0.550. The highest BCUT2D eigenvalue weighted by molar-refractivity contribution is 9.10. The number of aromatic nitrogens is 1.